The summed E-state index contributed by atoms with van der Waals surface area (Å²) >= 11 is 0. The summed E-state index contributed by atoms with van der Waals surface area (Å²) in [5.74, 6) is 3.43. The minimum Gasteiger partial charge on any atom is -0.465 e. The van der Waals surface area contributed by atoms with Crippen LogP contribution in [0, 0.1) is 35.5 Å². The van der Waals surface area contributed by atoms with Gasteiger partial charge in [0.05, 0.1) is 25.0 Å². The molecule has 0 aliphatic heterocycles. The fourth-order valence-corrected chi connectivity index (χ4v) is 9.74. The molecule has 2 rings (SSSR count). The van der Waals surface area contributed by atoms with Gasteiger partial charge < -0.3 is 19.5 Å². The fraction of sp³-hybridized carbons (Fsp3) is 0.958. The third-order valence-electron chi connectivity index (χ3n) is 13.3. The second-order valence-corrected chi connectivity index (χ2v) is 17.8. The van der Waals surface area contributed by atoms with Gasteiger partial charge in [0.2, 0.25) is 0 Å². The fourth-order valence-electron chi connectivity index (χ4n) is 9.74. The van der Waals surface area contributed by atoms with E-state index in [1.54, 1.807) is 0 Å². The first-order valence-electron chi connectivity index (χ1n) is 24.1. The molecule has 0 aromatic carbocycles. The highest BCUT2D eigenvalue weighted by Crippen LogP contribution is 2.41. The second kappa shape index (κ2) is 32.9. The molecule has 0 bridgehead atoms. The van der Waals surface area contributed by atoms with Crippen molar-refractivity contribution in [1.82, 2.24) is 4.90 Å². The van der Waals surface area contributed by atoms with Crippen molar-refractivity contribution in [2.75, 3.05) is 39.5 Å². The van der Waals surface area contributed by atoms with Crippen molar-refractivity contribution >= 4 is 11.9 Å². The molecule has 0 heterocycles. The van der Waals surface area contributed by atoms with Crippen molar-refractivity contribution in [3.63, 3.8) is 0 Å². The summed E-state index contributed by atoms with van der Waals surface area (Å²) < 4.78 is 11.7. The summed E-state index contributed by atoms with van der Waals surface area (Å²) in [5, 5.41) is 9.32. The van der Waals surface area contributed by atoms with Crippen LogP contribution >= 0.6 is 0 Å². The number of nitrogens with zero attached hydrogens (tertiary/aromatic N) is 1. The summed E-state index contributed by atoms with van der Waals surface area (Å²) in [4.78, 5) is 28.5. The number of carbonyl (C=O) groups is 2. The number of hydrogen-bond donors (Lipinski definition) is 1. The Morgan fingerprint density at radius 1 is 0.463 bits per heavy atom. The maximum Gasteiger partial charge on any atom is 0.308 e. The van der Waals surface area contributed by atoms with Crippen LogP contribution in [-0.2, 0) is 19.1 Å². The zero-order chi connectivity index (χ0) is 39.1. The highest BCUT2D eigenvalue weighted by atomic mass is 16.5. The van der Waals surface area contributed by atoms with Gasteiger partial charge in [0, 0.05) is 6.61 Å². The third kappa shape index (κ3) is 22.0. The van der Waals surface area contributed by atoms with Gasteiger partial charge in [-0.2, -0.15) is 0 Å². The molecule has 0 aromatic heterocycles. The highest BCUT2D eigenvalue weighted by Gasteiger charge is 2.35. The molecule has 2 saturated carbocycles. The summed E-state index contributed by atoms with van der Waals surface area (Å²) in [6.45, 7) is 13.8. The Kier molecular flexibility index (Phi) is 29.9. The molecule has 6 heteroatoms. The number of hydrogen-bond acceptors (Lipinski definition) is 6. The topological polar surface area (TPSA) is 76.1 Å². The average Bonchev–Trinajstić information content (AvgIpc) is 3.18. The van der Waals surface area contributed by atoms with Crippen LogP contribution in [0.25, 0.3) is 0 Å². The van der Waals surface area contributed by atoms with E-state index in [-0.39, 0.29) is 30.4 Å². The number of ether oxygens (including phenoxy) is 2. The summed E-state index contributed by atoms with van der Waals surface area (Å²) in [6.07, 6.45) is 35.6. The molecule has 0 saturated heterocycles. The number of aliphatic hydroxyl groups excluding tert-OH is 1. The normalized spacial score (nSPS) is 23.1. The lowest BCUT2D eigenvalue weighted by molar-refractivity contribution is -0.151. The van der Waals surface area contributed by atoms with Crippen LogP contribution in [0.3, 0.4) is 0 Å². The van der Waals surface area contributed by atoms with Crippen molar-refractivity contribution < 1.29 is 24.2 Å². The lowest BCUT2D eigenvalue weighted by Crippen LogP contribution is -2.30. The highest BCUT2D eigenvalue weighted by molar-refractivity contribution is 5.73. The Morgan fingerprint density at radius 2 is 0.852 bits per heavy atom. The van der Waals surface area contributed by atoms with Gasteiger partial charge in [-0.15, -0.1) is 0 Å². The lowest BCUT2D eigenvalue weighted by Gasteiger charge is -2.35. The van der Waals surface area contributed by atoms with E-state index in [9.17, 15) is 14.7 Å². The van der Waals surface area contributed by atoms with Crippen LogP contribution in [-0.4, -0.2) is 61.4 Å². The Hall–Kier alpha value is -1.14. The number of aliphatic hydroxyl groups is 1. The molecule has 1 N–H and O–H groups in total. The number of esters is 2. The molecule has 6 unspecified atom stereocenters. The zero-order valence-corrected chi connectivity index (χ0v) is 36.4. The monoisotopic (exact) mass is 762 g/mol. The zero-order valence-electron chi connectivity index (χ0n) is 36.4. The van der Waals surface area contributed by atoms with E-state index in [0.29, 0.717) is 25.0 Å². The minimum absolute atomic E-state index is 0.0723. The molecular formula is C48H91NO5. The summed E-state index contributed by atoms with van der Waals surface area (Å²) in [5.41, 5.74) is 0. The van der Waals surface area contributed by atoms with Crippen molar-refractivity contribution in [2.24, 2.45) is 35.5 Å². The summed E-state index contributed by atoms with van der Waals surface area (Å²) in [7, 11) is 0. The molecule has 54 heavy (non-hydrogen) atoms. The maximum atomic E-state index is 13.0. The molecule has 2 aliphatic rings. The maximum absolute atomic E-state index is 13.0. The molecule has 0 radical (unpaired) electrons. The Labute approximate surface area is 335 Å². The van der Waals surface area contributed by atoms with Gasteiger partial charge in [0.15, 0.2) is 0 Å². The molecule has 0 amide bonds. The quantitative estimate of drug-likeness (QED) is 0.0520. The molecule has 0 spiro atoms. The van der Waals surface area contributed by atoms with E-state index in [4.69, 9.17) is 9.47 Å². The predicted octanol–water partition coefficient (Wildman–Crippen LogP) is 12.9. The SMILES string of the molecule is CCCCCC1CCC(C(=O)OCCCCCCN(CCCCO)CCCCCCOC(=O)C2CCC(CCCCC)C(CCCC)C2)CC1CCCC. The van der Waals surface area contributed by atoms with E-state index in [2.05, 4.69) is 32.6 Å². The number of rotatable bonds is 34. The van der Waals surface area contributed by atoms with Gasteiger partial charge in [-0.25, -0.2) is 0 Å². The van der Waals surface area contributed by atoms with Crippen LogP contribution < -0.4 is 0 Å². The van der Waals surface area contributed by atoms with Crippen LogP contribution in [0.4, 0.5) is 0 Å². The molecular weight excluding hydrogens is 671 g/mol. The van der Waals surface area contributed by atoms with Crippen LogP contribution in [0.5, 0.6) is 0 Å². The molecule has 6 atom stereocenters. The number of unbranched alkanes of at least 4 members (excludes halogenated alkanes) is 13. The van der Waals surface area contributed by atoms with Crippen molar-refractivity contribution in [2.45, 2.75) is 220 Å². The van der Waals surface area contributed by atoms with Crippen LogP contribution in [0.15, 0.2) is 0 Å². The molecule has 2 fully saturated rings. The van der Waals surface area contributed by atoms with E-state index in [1.807, 2.05) is 0 Å². The molecule has 2 aliphatic carbocycles. The van der Waals surface area contributed by atoms with Crippen LogP contribution in [0.1, 0.15) is 220 Å². The second-order valence-electron chi connectivity index (χ2n) is 17.8. The van der Waals surface area contributed by atoms with Crippen molar-refractivity contribution in [3.8, 4) is 0 Å². The molecule has 0 aromatic rings. The van der Waals surface area contributed by atoms with E-state index in [1.165, 1.54) is 128 Å². The third-order valence-corrected chi connectivity index (χ3v) is 13.3. The van der Waals surface area contributed by atoms with Crippen LogP contribution in [0.2, 0.25) is 0 Å². The largest absolute Gasteiger partial charge is 0.465 e. The molecule has 6 nitrogen and oxygen atoms in total. The first kappa shape index (κ1) is 49.0. The van der Waals surface area contributed by atoms with Gasteiger partial charge in [0.1, 0.15) is 0 Å². The first-order chi connectivity index (χ1) is 26.5. The minimum atomic E-state index is 0.0723. The standard InChI is InChI=1S/C48H91NO5/c1-5-9-17-27-41-29-31-45(39-43(41)25-11-7-3)47(51)53-37-23-15-13-19-33-49(35-21-22-36-50)34-20-14-16-24-38-54-48(52)46-32-30-42(28-18-10-6-2)44(40-46)26-12-8-4/h41-46,50H,5-40H2,1-4H3. The van der Waals surface area contributed by atoms with E-state index in [0.717, 1.165) is 95.7 Å². The predicted molar refractivity (Wildman–Crippen MR) is 228 cm³/mol. The number of carbonyl (C=O) groups excluding carboxylic acids is 2. The van der Waals surface area contributed by atoms with Crippen molar-refractivity contribution in [1.29, 1.82) is 0 Å². The molecule has 318 valence electrons. The van der Waals surface area contributed by atoms with Gasteiger partial charge in [-0.3, -0.25) is 9.59 Å². The Morgan fingerprint density at radius 3 is 1.26 bits per heavy atom. The van der Waals surface area contributed by atoms with Crippen molar-refractivity contribution in [3.05, 3.63) is 0 Å². The average molecular weight is 762 g/mol. The first-order valence-corrected chi connectivity index (χ1v) is 24.1. The van der Waals surface area contributed by atoms with Gasteiger partial charge in [-0.1, -0.05) is 143 Å². The summed E-state index contributed by atoms with van der Waals surface area (Å²) in [6, 6.07) is 0. The smallest absolute Gasteiger partial charge is 0.308 e. The lowest BCUT2D eigenvalue weighted by atomic mass is 9.70. The van der Waals surface area contributed by atoms with Gasteiger partial charge in [-0.05, 0) is 120 Å². The van der Waals surface area contributed by atoms with Gasteiger partial charge in [0.25, 0.3) is 0 Å². The Bertz CT molecular complexity index is 830. The Balaban J connectivity index is 1.58. The van der Waals surface area contributed by atoms with Gasteiger partial charge >= 0.3 is 11.9 Å². The van der Waals surface area contributed by atoms with E-state index < -0.39 is 0 Å². The van der Waals surface area contributed by atoms with E-state index >= 15 is 0 Å².